The first kappa shape index (κ1) is 44.6. The van der Waals surface area contributed by atoms with Crippen LogP contribution in [0, 0.1) is 0 Å². The molecule has 0 aliphatic rings. The number of rotatable bonds is 9. The van der Waals surface area contributed by atoms with E-state index in [0.717, 1.165) is 99.9 Å². The van der Waals surface area contributed by atoms with Gasteiger partial charge in [0, 0.05) is 96.0 Å². The largest absolute Gasteiger partial charge is 0.455 e. The van der Waals surface area contributed by atoms with E-state index in [1.807, 2.05) is 22.7 Å². The number of fused-ring (bicyclic) bond motifs is 14. The maximum Gasteiger partial charge on any atom is 0.144 e. The second-order valence-corrected chi connectivity index (χ2v) is 22.2. The van der Waals surface area contributed by atoms with Gasteiger partial charge in [-0.2, -0.15) is 0 Å². The van der Waals surface area contributed by atoms with Crippen LogP contribution in [-0.4, -0.2) is 0 Å². The molecule has 0 radical (unpaired) electrons. The zero-order valence-electron chi connectivity index (χ0n) is 41.9. The fourth-order valence-electron chi connectivity index (χ4n) is 11.7. The van der Waals surface area contributed by atoms with Gasteiger partial charge >= 0.3 is 0 Å². The summed E-state index contributed by atoms with van der Waals surface area (Å²) in [4.78, 5) is 4.71. The van der Waals surface area contributed by atoms with Gasteiger partial charge in [-0.3, -0.25) is 0 Å². The normalized spacial score (nSPS) is 11.8. The summed E-state index contributed by atoms with van der Waals surface area (Å²) in [5, 5.41) is 9.22. The lowest BCUT2D eigenvalue weighted by atomic mass is 10.0. The summed E-state index contributed by atoms with van der Waals surface area (Å²) in [7, 11) is 0. The highest BCUT2D eigenvalue weighted by atomic mass is 32.1. The average Bonchev–Trinajstić information content (AvgIpc) is 4.44. The van der Waals surface area contributed by atoms with Gasteiger partial charge < -0.3 is 18.6 Å². The van der Waals surface area contributed by atoms with Crippen molar-refractivity contribution in [3.8, 4) is 33.4 Å². The third kappa shape index (κ3) is 7.33. The fraction of sp³-hybridized carbons (Fsp3) is 0. The van der Waals surface area contributed by atoms with Gasteiger partial charge in [-0.25, -0.2) is 0 Å². The number of nitrogens with zero attached hydrogens (tertiary/aromatic N) is 2. The van der Waals surface area contributed by atoms with Gasteiger partial charge in [-0.15, -0.1) is 22.7 Å². The van der Waals surface area contributed by atoms with E-state index in [1.165, 1.54) is 51.8 Å². The maximum atomic E-state index is 6.76. The lowest BCUT2D eigenvalue weighted by Gasteiger charge is -2.26. The van der Waals surface area contributed by atoms with Crippen LogP contribution in [0.15, 0.2) is 276 Å². The highest BCUT2D eigenvalue weighted by molar-refractivity contribution is 7.26. The first-order valence-electron chi connectivity index (χ1n) is 26.3. The molecule has 16 aromatic rings. The van der Waals surface area contributed by atoms with Crippen molar-refractivity contribution in [3.05, 3.63) is 267 Å². The van der Waals surface area contributed by atoms with Crippen molar-refractivity contribution in [2.24, 2.45) is 0 Å². The van der Waals surface area contributed by atoms with Crippen LogP contribution in [0.2, 0.25) is 0 Å². The third-order valence-electron chi connectivity index (χ3n) is 15.5. The van der Waals surface area contributed by atoms with E-state index >= 15 is 0 Å². The van der Waals surface area contributed by atoms with Gasteiger partial charge in [0.2, 0.25) is 0 Å². The summed E-state index contributed by atoms with van der Waals surface area (Å²) in [5.41, 5.74) is 17.2. The Kier molecular flexibility index (Phi) is 10.3. The Balaban J connectivity index is 0.744. The molecule has 4 heterocycles. The van der Waals surface area contributed by atoms with Gasteiger partial charge in [0.25, 0.3) is 0 Å². The van der Waals surface area contributed by atoms with Crippen LogP contribution in [0.5, 0.6) is 0 Å². The minimum Gasteiger partial charge on any atom is -0.455 e. The molecule has 0 atom stereocenters. The summed E-state index contributed by atoms with van der Waals surface area (Å²) in [6.07, 6.45) is 0. The summed E-state index contributed by atoms with van der Waals surface area (Å²) in [5.74, 6) is 0. The maximum absolute atomic E-state index is 6.76. The van der Waals surface area contributed by atoms with Crippen molar-refractivity contribution >= 4 is 141 Å². The summed E-state index contributed by atoms with van der Waals surface area (Å²) in [6, 6.07) is 96.2. The molecule has 0 N–H and O–H groups in total. The molecular formula is C72H44N2O2S2. The summed E-state index contributed by atoms with van der Waals surface area (Å²) in [6.45, 7) is 0. The van der Waals surface area contributed by atoms with Gasteiger partial charge in [0.1, 0.15) is 22.3 Å². The number of thiophene rings is 2. The molecule has 78 heavy (non-hydrogen) atoms. The lowest BCUT2D eigenvalue weighted by Crippen LogP contribution is -2.10. The minimum atomic E-state index is 0.899. The SMILES string of the molecule is c1ccc(-c2ccc3oc4c(ccc5sc6ccc(N(c7ccccc7)c7ccc(-c8ccc(N(c9ccccc9)c9ccc%10sc%11ccc%12c%13cc(-c%14ccccc%14)ccc%13oc%12c%11c%10c9)cc8)cc7)cc6c54)c3c2)cc1. The molecule has 12 aromatic carbocycles. The number of hydrogen-bond acceptors (Lipinski definition) is 6. The molecule has 0 saturated carbocycles. The number of hydrogen-bond donors (Lipinski definition) is 0. The number of furan rings is 2. The molecule has 366 valence electrons. The molecule has 0 unspecified atom stereocenters. The summed E-state index contributed by atoms with van der Waals surface area (Å²) < 4.78 is 18.4. The molecule has 0 amide bonds. The van der Waals surface area contributed by atoms with Crippen molar-refractivity contribution in [2.45, 2.75) is 0 Å². The zero-order valence-corrected chi connectivity index (χ0v) is 43.6. The molecule has 4 aromatic heterocycles. The number of anilines is 6. The van der Waals surface area contributed by atoms with Crippen LogP contribution in [-0.2, 0) is 0 Å². The monoisotopic (exact) mass is 1030 g/mol. The van der Waals surface area contributed by atoms with Crippen LogP contribution in [0.3, 0.4) is 0 Å². The average molecular weight is 1030 g/mol. The quantitative estimate of drug-likeness (QED) is 0.144. The van der Waals surface area contributed by atoms with Crippen LogP contribution in [0.4, 0.5) is 34.1 Å². The molecule has 0 aliphatic heterocycles. The second kappa shape index (κ2) is 18.0. The highest BCUT2D eigenvalue weighted by Gasteiger charge is 2.22. The molecule has 4 nitrogen and oxygen atoms in total. The van der Waals surface area contributed by atoms with Crippen LogP contribution in [0.25, 0.3) is 118 Å². The predicted molar refractivity (Wildman–Crippen MR) is 332 cm³/mol. The summed E-state index contributed by atoms with van der Waals surface area (Å²) >= 11 is 3.63. The Labute approximate surface area is 457 Å². The lowest BCUT2D eigenvalue weighted by molar-refractivity contribution is 0.672. The van der Waals surface area contributed by atoms with Crippen LogP contribution in [0.1, 0.15) is 0 Å². The Morgan fingerprint density at radius 1 is 0.231 bits per heavy atom. The van der Waals surface area contributed by atoms with E-state index < -0.39 is 0 Å². The van der Waals surface area contributed by atoms with Gasteiger partial charge in [-0.05, 0) is 167 Å². The number of benzene rings is 12. The van der Waals surface area contributed by atoms with Crippen molar-refractivity contribution in [3.63, 3.8) is 0 Å². The van der Waals surface area contributed by atoms with Crippen LogP contribution < -0.4 is 9.80 Å². The zero-order chi connectivity index (χ0) is 51.3. The number of para-hydroxylation sites is 2. The van der Waals surface area contributed by atoms with Crippen molar-refractivity contribution in [1.82, 2.24) is 0 Å². The minimum absolute atomic E-state index is 0.899. The van der Waals surface area contributed by atoms with Crippen molar-refractivity contribution in [2.75, 3.05) is 9.80 Å². The van der Waals surface area contributed by atoms with Crippen molar-refractivity contribution < 1.29 is 8.83 Å². The van der Waals surface area contributed by atoms with E-state index in [1.54, 1.807) is 0 Å². The Morgan fingerprint density at radius 3 is 0.974 bits per heavy atom. The molecule has 16 rings (SSSR count). The topological polar surface area (TPSA) is 32.8 Å². The van der Waals surface area contributed by atoms with Gasteiger partial charge in [0.05, 0.1) is 0 Å². The van der Waals surface area contributed by atoms with E-state index in [4.69, 9.17) is 8.83 Å². The van der Waals surface area contributed by atoms with Gasteiger partial charge in [-0.1, -0.05) is 133 Å². The Bertz CT molecular complexity index is 4630. The van der Waals surface area contributed by atoms with E-state index in [2.05, 4.69) is 277 Å². The first-order chi connectivity index (χ1) is 38.6. The molecular weight excluding hydrogens is 989 g/mol. The molecule has 0 saturated heterocycles. The first-order valence-corrected chi connectivity index (χ1v) is 27.9. The van der Waals surface area contributed by atoms with E-state index in [0.29, 0.717) is 0 Å². The van der Waals surface area contributed by atoms with E-state index in [-0.39, 0.29) is 0 Å². The smallest absolute Gasteiger partial charge is 0.144 e. The Morgan fingerprint density at radius 2 is 0.564 bits per heavy atom. The van der Waals surface area contributed by atoms with Gasteiger partial charge in [0.15, 0.2) is 0 Å². The molecule has 6 heteroatoms. The highest BCUT2D eigenvalue weighted by Crippen LogP contribution is 2.48. The van der Waals surface area contributed by atoms with Crippen LogP contribution >= 0.6 is 22.7 Å². The van der Waals surface area contributed by atoms with Crippen molar-refractivity contribution in [1.29, 1.82) is 0 Å². The standard InChI is InChI=1S/C72H44N2O2S2/c1-5-13-45(14-6-1)49-25-35-63-59(41-49)57-33-39-67-69(71(57)75-63)61-43-55(31-37-65(61)77-67)73(51-17-9-3-10-18-51)53-27-21-47(22-28-53)48-23-29-54(30-24-48)74(52-19-11-4-12-20-52)56-32-38-66-62(44-56)70-68(78-66)40-34-58-60-42-50(46-15-7-2-8-16-46)26-36-64(60)76-72(58)70/h1-44H. The second-order valence-electron chi connectivity index (χ2n) is 20.0. The molecule has 0 fully saturated rings. The fourth-order valence-corrected chi connectivity index (χ4v) is 13.9. The Hall–Kier alpha value is -9.72. The molecule has 0 bridgehead atoms. The van der Waals surface area contributed by atoms with E-state index in [9.17, 15) is 0 Å². The third-order valence-corrected chi connectivity index (χ3v) is 17.7. The predicted octanol–water partition coefficient (Wildman–Crippen LogP) is 22.2. The molecule has 0 spiro atoms. The molecule has 0 aliphatic carbocycles.